The molecule has 3 heteroatoms. The highest BCUT2D eigenvalue weighted by Crippen LogP contribution is 2.03. The van der Waals surface area contributed by atoms with Gasteiger partial charge in [0.15, 0.2) is 0 Å². The molecular formula is C8H9FOS. The van der Waals surface area contributed by atoms with Gasteiger partial charge in [-0.15, -0.1) is 0 Å². The van der Waals surface area contributed by atoms with Crippen LogP contribution in [0.4, 0.5) is 4.39 Å². The Morgan fingerprint density at radius 2 is 1.91 bits per heavy atom. The average Bonchev–Trinajstić information content (AvgIpc) is 2.04. The van der Waals surface area contributed by atoms with E-state index in [9.17, 15) is 4.39 Å². The fourth-order valence-corrected chi connectivity index (χ4v) is 0.906. The first-order valence-corrected chi connectivity index (χ1v) is 3.70. The molecule has 1 nitrogen and oxygen atoms in total. The molecule has 0 unspecified atom stereocenters. The smallest absolute Gasteiger partial charge is 0.123 e. The molecule has 0 N–H and O–H groups in total. The first kappa shape index (κ1) is 8.56. The predicted molar refractivity (Wildman–Crippen MR) is 45.0 cm³/mol. The summed E-state index contributed by atoms with van der Waals surface area (Å²) in [6.07, 6.45) is 0.768. The van der Waals surface area contributed by atoms with E-state index in [1.807, 2.05) is 0 Å². The Hall–Kier alpha value is -0.540. The monoisotopic (exact) mass is 172 g/mol. The second-order valence-corrected chi connectivity index (χ2v) is 2.47. The van der Waals surface area contributed by atoms with E-state index in [-0.39, 0.29) is 5.82 Å². The minimum absolute atomic E-state index is 0.208. The maximum Gasteiger partial charge on any atom is 0.123 e. The van der Waals surface area contributed by atoms with Crippen LogP contribution in [0.25, 0.3) is 0 Å². The molecule has 11 heavy (non-hydrogen) atoms. The van der Waals surface area contributed by atoms with Crippen molar-refractivity contribution in [3.8, 4) is 0 Å². The number of hydrogen-bond acceptors (Lipinski definition) is 2. The second-order valence-electron chi connectivity index (χ2n) is 2.21. The summed E-state index contributed by atoms with van der Waals surface area (Å²) in [5.74, 6) is -0.208. The third-order valence-electron chi connectivity index (χ3n) is 1.40. The van der Waals surface area contributed by atoms with Crippen molar-refractivity contribution in [2.45, 2.75) is 6.42 Å². The highest BCUT2D eigenvalue weighted by atomic mass is 32.1. The summed E-state index contributed by atoms with van der Waals surface area (Å²) in [6, 6.07) is 6.35. The van der Waals surface area contributed by atoms with Gasteiger partial charge in [0.25, 0.3) is 0 Å². The Labute approximate surface area is 70.8 Å². The molecule has 0 bridgehead atoms. The van der Waals surface area contributed by atoms with E-state index in [1.165, 1.54) is 12.1 Å². The van der Waals surface area contributed by atoms with Crippen LogP contribution in [-0.2, 0) is 10.6 Å². The molecule has 1 aromatic carbocycles. The van der Waals surface area contributed by atoms with Crippen molar-refractivity contribution in [3.63, 3.8) is 0 Å². The number of hydrogen-bond donors (Lipinski definition) is 1. The van der Waals surface area contributed by atoms with Crippen LogP contribution in [0.3, 0.4) is 0 Å². The zero-order chi connectivity index (χ0) is 8.10. The lowest BCUT2D eigenvalue weighted by molar-refractivity contribution is 0.387. The predicted octanol–water partition coefficient (Wildman–Crippen LogP) is 2.23. The number of halogens is 1. The second kappa shape index (κ2) is 4.36. The molecule has 0 radical (unpaired) electrons. The van der Waals surface area contributed by atoms with E-state index in [1.54, 1.807) is 12.1 Å². The molecule has 0 aliphatic rings. The molecule has 0 amide bonds. The summed E-state index contributed by atoms with van der Waals surface area (Å²) in [5, 5.41) is 0. The van der Waals surface area contributed by atoms with Crippen LogP contribution in [0.1, 0.15) is 5.56 Å². The third-order valence-corrected chi connectivity index (χ3v) is 1.58. The summed E-state index contributed by atoms with van der Waals surface area (Å²) in [5.41, 5.74) is 1.06. The average molecular weight is 172 g/mol. The van der Waals surface area contributed by atoms with Crippen LogP contribution in [0.2, 0.25) is 0 Å². The van der Waals surface area contributed by atoms with Gasteiger partial charge in [-0.2, -0.15) is 0 Å². The zero-order valence-corrected chi connectivity index (χ0v) is 6.85. The minimum Gasteiger partial charge on any atom is -0.318 e. The lowest BCUT2D eigenvalue weighted by Gasteiger charge is -1.97. The first-order chi connectivity index (χ1) is 5.33. The van der Waals surface area contributed by atoms with Crippen molar-refractivity contribution in [2.75, 3.05) is 6.61 Å². The van der Waals surface area contributed by atoms with Gasteiger partial charge in [0.2, 0.25) is 0 Å². The molecule has 0 aliphatic heterocycles. The fraction of sp³-hybridized carbons (Fsp3) is 0.250. The van der Waals surface area contributed by atoms with Crippen LogP contribution in [0.5, 0.6) is 0 Å². The number of benzene rings is 1. The summed E-state index contributed by atoms with van der Waals surface area (Å²) in [4.78, 5) is 0. The molecule has 60 valence electrons. The molecular weight excluding hydrogens is 163 g/mol. The van der Waals surface area contributed by atoms with Crippen molar-refractivity contribution < 1.29 is 8.57 Å². The van der Waals surface area contributed by atoms with Gasteiger partial charge < -0.3 is 4.18 Å². The molecule has 1 aromatic rings. The van der Waals surface area contributed by atoms with Gasteiger partial charge in [-0.1, -0.05) is 12.1 Å². The molecule has 0 spiro atoms. The van der Waals surface area contributed by atoms with Gasteiger partial charge in [0.05, 0.1) is 6.61 Å². The van der Waals surface area contributed by atoms with E-state index in [4.69, 9.17) is 0 Å². The Morgan fingerprint density at radius 1 is 1.27 bits per heavy atom. The van der Waals surface area contributed by atoms with Gasteiger partial charge in [-0.3, -0.25) is 0 Å². The summed E-state index contributed by atoms with van der Waals surface area (Å²) in [6.45, 7) is 0.550. The van der Waals surface area contributed by atoms with Gasteiger partial charge in [-0.25, -0.2) is 4.39 Å². The van der Waals surface area contributed by atoms with Crippen molar-refractivity contribution >= 4 is 12.9 Å². The minimum atomic E-state index is -0.208. The van der Waals surface area contributed by atoms with Crippen molar-refractivity contribution in [3.05, 3.63) is 35.6 Å². The van der Waals surface area contributed by atoms with Crippen molar-refractivity contribution in [1.29, 1.82) is 0 Å². The molecule has 1 rings (SSSR count). The van der Waals surface area contributed by atoms with E-state index in [0.29, 0.717) is 6.61 Å². The highest BCUT2D eigenvalue weighted by Gasteiger charge is 1.92. The SMILES string of the molecule is Fc1ccc(CCOS)cc1. The van der Waals surface area contributed by atoms with Crippen molar-refractivity contribution in [1.82, 2.24) is 0 Å². The highest BCUT2D eigenvalue weighted by molar-refractivity contribution is 7.75. The Bertz CT molecular complexity index is 210. The number of thiol groups is 1. The van der Waals surface area contributed by atoms with E-state index < -0.39 is 0 Å². The van der Waals surface area contributed by atoms with Gasteiger partial charge in [0.1, 0.15) is 5.82 Å². The largest absolute Gasteiger partial charge is 0.318 e. The van der Waals surface area contributed by atoms with Crippen LogP contribution in [-0.4, -0.2) is 6.61 Å². The van der Waals surface area contributed by atoms with Gasteiger partial charge in [0, 0.05) is 0 Å². The molecule has 0 aliphatic carbocycles. The Morgan fingerprint density at radius 3 is 2.45 bits per heavy atom. The third kappa shape index (κ3) is 2.91. The Kier molecular flexibility index (Phi) is 3.39. The number of rotatable bonds is 3. The first-order valence-electron chi connectivity index (χ1n) is 3.34. The maximum atomic E-state index is 12.4. The summed E-state index contributed by atoms with van der Waals surface area (Å²) in [7, 11) is 0. The van der Waals surface area contributed by atoms with Crippen molar-refractivity contribution in [2.24, 2.45) is 0 Å². The van der Waals surface area contributed by atoms with Crippen LogP contribution >= 0.6 is 12.9 Å². The van der Waals surface area contributed by atoms with Crippen LogP contribution in [0, 0.1) is 5.82 Å². The summed E-state index contributed by atoms with van der Waals surface area (Å²) >= 11 is 3.60. The molecule has 0 fully saturated rings. The zero-order valence-electron chi connectivity index (χ0n) is 5.96. The topological polar surface area (TPSA) is 9.23 Å². The molecule has 0 atom stereocenters. The fourth-order valence-electron chi connectivity index (χ4n) is 0.815. The molecule has 0 saturated carbocycles. The standard InChI is InChI=1S/C8H9FOS/c9-8-3-1-7(2-4-8)5-6-10-11/h1-4,11H,5-6H2. The lowest BCUT2D eigenvalue weighted by atomic mass is 10.2. The lowest BCUT2D eigenvalue weighted by Crippen LogP contribution is -1.91. The molecule has 0 saturated heterocycles. The van der Waals surface area contributed by atoms with E-state index in [0.717, 1.165) is 12.0 Å². The van der Waals surface area contributed by atoms with Gasteiger partial charge in [-0.05, 0) is 37.0 Å². The quantitative estimate of drug-likeness (QED) is 0.543. The Balaban J connectivity index is 2.52. The van der Waals surface area contributed by atoms with Gasteiger partial charge >= 0.3 is 0 Å². The van der Waals surface area contributed by atoms with E-state index >= 15 is 0 Å². The molecule has 0 aromatic heterocycles. The molecule has 0 heterocycles. The van der Waals surface area contributed by atoms with Crippen LogP contribution in [0.15, 0.2) is 24.3 Å². The summed E-state index contributed by atoms with van der Waals surface area (Å²) < 4.78 is 16.9. The van der Waals surface area contributed by atoms with Crippen LogP contribution < -0.4 is 0 Å². The van der Waals surface area contributed by atoms with E-state index in [2.05, 4.69) is 17.1 Å². The maximum absolute atomic E-state index is 12.4. The normalized spacial score (nSPS) is 10.0.